The van der Waals surface area contributed by atoms with Crippen molar-refractivity contribution in [3.8, 4) is 11.5 Å². The van der Waals surface area contributed by atoms with Crippen molar-refractivity contribution in [3.63, 3.8) is 0 Å². The fourth-order valence-electron chi connectivity index (χ4n) is 2.63. The molecule has 0 heterocycles. The Hall–Kier alpha value is -2.54. The lowest BCUT2D eigenvalue weighted by Crippen LogP contribution is -2.45. The number of nitrogens with one attached hydrogen (secondary N) is 2. The number of ether oxygens (including phenoxy) is 2. The zero-order valence-corrected chi connectivity index (χ0v) is 19.4. The van der Waals surface area contributed by atoms with Crippen LogP contribution in [0.1, 0.15) is 57.1 Å². The maximum Gasteiger partial charge on any atom is 0.276 e. The summed E-state index contributed by atoms with van der Waals surface area (Å²) in [6.45, 7) is 8.08. The van der Waals surface area contributed by atoms with Gasteiger partial charge in [-0.15, -0.1) is 0 Å². The largest absolute Gasteiger partial charge is 0.484 e. The van der Waals surface area contributed by atoms with Gasteiger partial charge in [0.05, 0.1) is 4.47 Å². The van der Waals surface area contributed by atoms with E-state index in [2.05, 4.69) is 54.5 Å². The summed E-state index contributed by atoms with van der Waals surface area (Å²) in [7, 11) is 0. The molecular formula is C23H29BrN2O4. The molecule has 162 valence electrons. The molecule has 0 fully saturated rings. The summed E-state index contributed by atoms with van der Waals surface area (Å²) in [5, 5.41) is 0. The third kappa shape index (κ3) is 7.37. The van der Waals surface area contributed by atoms with Crippen molar-refractivity contribution in [2.24, 2.45) is 0 Å². The predicted octanol–water partition coefficient (Wildman–Crippen LogP) is 4.69. The number of benzene rings is 2. The highest BCUT2D eigenvalue weighted by atomic mass is 79.9. The van der Waals surface area contributed by atoms with Crippen LogP contribution in [-0.4, -0.2) is 25.0 Å². The molecule has 7 heteroatoms. The van der Waals surface area contributed by atoms with Crippen LogP contribution in [0.25, 0.3) is 0 Å². The van der Waals surface area contributed by atoms with Crippen molar-refractivity contribution >= 4 is 27.7 Å². The Morgan fingerprint density at radius 3 is 2.00 bits per heavy atom. The zero-order chi connectivity index (χ0) is 22.1. The van der Waals surface area contributed by atoms with Crippen LogP contribution in [0, 0.1) is 0 Å². The molecule has 0 saturated carbocycles. The Labute approximate surface area is 186 Å². The average molecular weight is 477 g/mol. The van der Waals surface area contributed by atoms with E-state index < -0.39 is 11.8 Å². The van der Waals surface area contributed by atoms with Gasteiger partial charge in [-0.05, 0) is 69.6 Å². The molecule has 1 atom stereocenters. The fourth-order valence-corrected chi connectivity index (χ4v) is 3.14. The van der Waals surface area contributed by atoms with Crippen molar-refractivity contribution in [1.82, 2.24) is 10.9 Å². The third-order valence-corrected chi connectivity index (χ3v) is 5.37. The number of hydrazine groups is 1. The van der Waals surface area contributed by atoms with Gasteiger partial charge in [-0.3, -0.25) is 20.4 Å². The van der Waals surface area contributed by atoms with E-state index in [4.69, 9.17) is 9.47 Å². The van der Waals surface area contributed by atoms with Crippen LogP contribution in [0.3, 0.4) is 0 Å². The molecule has 2 N–H and O–H groups in total. The molecule has 0 aromatic heterocycles. The topological polar surface area (TPSA) is 76.7 Å². The molecule has 2 amide bonds. The second-order valence-electron chi connectivity index (χ2n) is 7.40. The summed E-state index contributed by atoms with van der Waals surface area (Å²) in [5.74, 6) is 1.10. The van der Waals surface area contributed by atoms with E-state index in [1.165, 1.54) is 11.1 Å². The molecule has 0 spiro atoms. The SMILES string of the molecule is CCC(C)c1ccc(OCC(=O)NNC(=O)COc2ccc(C(C)C)cc2)c(Br)c1. The molecule has 0 saturated heterocycles. The molecule has 0 aliphatic carbocycles. The van der Waals surface area contributed by atoms with Crippen molar-refractivity contribution in [2.75, 3.05) is 13.2 Å². The number of amides is 2. The van der Waals surface area contributed by atoms with E-state index in [0.29, 0.717) is 23.3 Å². The maximum absolute atomic E-state index is 11.9. The minimum atomic E-state index is -0.470. The predicted molar refractivity (Wildman–Crippen MR) is 121 cm³/mol. The van der Waals surface area contributed by atoms with E-state index in [1.807, 2.05) is 42.5 Å². The minimum Gasteiger partial charge on any atom is -0.484 e. The molecule has 30 heavy (non-hydrogen) atoms. The highest BCUT2D eigenvalue weighted by molar-refractivity contribution is 9.10. The maximum atomic E-state index is 11.9. The molecule has 0 bridgehead atoms. The summed E-state index contributed by atoms with van der Waals surface area (Å²) in [5.41, 5.74) is 7.02. The van der Waals surface area contributed by atoms with Crippen molar-refractivity contribution < 1.29 is 19.1 Å². The lowest BCUT2D eigenvalue weighted by atomic mass is 9.99. The molecule has 6 nitrogen and oxygen atoms in total. The molecule has 0 aliphatic rings. The first-order valence-electron chi connectivity index (χ1n) is 10.0. The number of rotatable bonds is 9. The summed E-state index contributed by atoms with van der Waals surface area (Å²) in [4.78, 5) is 23.8. The number of carbonyl (C=O) groups is 2. The van der Waals surface area contributed by atoms with Gasteiger partial charge in [-0.25, -0.2) is 0 Å². The van der Waals surface area contributed by atoms with Crippen LogP contribution >= 0.6 is 15.9 Å². The first-order chi connectivity index (χ1) is 14.3. The Kier molecular flexibility index (Phi) is 9.17. The van der Waals surface area contributed by atoms with Crippen molar-refractivity contribution in [2.45, 2.75) is 46.0 Å². The van der Waals surface area contributed by atoms with Crippen LogP contribution in [0.4, 0.5) is 0 Å². The van der Waals surface area contributed by atoms with Gasteiger partial charge in [0.1, 0.15) is 11.5 Å². The highest BCUT2D eigenvalue weighted by Crippen LogP contribution is 2.30. The van der Waals surface area contributed by atoms with Crippen LogP contribution in [0.2, 0.25) is 0 Å². The Bertz CT molecular complexity index is 853. The lowest BCUT2D eigenvalue weighted by molar-refractivity contribution is -0.131. The lowest BCUT2D eigenvalue weighted by Gasteiger charge is -2.13. The van der Waals surface area contributed by atoms with Gasteiger partial charge in [0.25, 0.3) is 11.8 Å². The van der Waals surface area contributed by atoms with Crippen molar-refractivity contribution in [1.29, 1.82) is 0 Å². The molecule has 0 radical (unpaired) electrons. The summed E-state index contributed by atoms with van der Waals surface area (Å²) < 4.78 is 11.7. The Morgan fingerprint density at radius 2 is 1.47 bits per heavy atom. The van der Waals surface area contributed by atoms with E-state index in [1.54, 1.807) is 0 Å². The minimum absolute atomic E-state index is 0.204. The van der Waals surface area contributed by atoms with E-state index in [0.717, 1.165) is 10.9 Å². The molecule has 2 aromatic carbocycles. The normalized spacial score (nSPS) is 11.7. The molecule has 1 unspecified atom stereocenters. The van der Waals surface area contributed by atoms with E-state index in [9.17, 15) is 9.59 Å². The monoisotopic (exact) mass is 476 g/mol. The third-order valence-electron chi connectivity index (χ3n) is 4.75. The van der Waals surface area contributed by atoms with E-state index in [-0.39, 0.29) is 13.2 Å². The number of halogens is 1. The van der Waals surface area contributed by atoms with Gasteiger partial charge in [0.15, 0.2) is 13.2 Å². The van der Waals surface area contributed by atoms with Gasteiger partial charge < -0.3 is 9.47 Å². The number of carbonyl (C=O) groups excluding carboxylic acids is 2. The average Bonchev–Trinajstić information content (AvgIpc) is 2.74. The Balaban J connectivity index is 1.72. The van der Waals surface area contributed by atoms with Gasteiger partial charge in [-0.1, -0.05) is 45.9 Å². The fraction of sp³-hybridized carbons (Fsp3) is 0.391. The molecular weight excluding hydrogens is 448 g/mol. The molecule has 0 aliphatic heterocycles. The summed E-state index contributed by atoms with van der Waals surface area (Å²) in [6.07, 6.45) is 1.04. The first kappa shape index (κ1) is 23.7. The second-order valence-corrected chi connectivity index (χ2v) is 8.25. The van der Waals surface area contributed by atoms with Gasteiger partial charge in [0, 0.05) is 0 Å². The first-order valence-corrected chi connectivity index (χ1v) is 10.8. The smallest absolute Gasteiger partial charge is 0.276 e. The van der Waals surface area contributed by atoms with E-state index >= 15 is 0 Å². The van der Waals surface area contributed by atoms with Crippen molar-refractivity contribution in [3.05, 3.63) is 58.1 Å². The van der Waals surface area contributed by atoms with Crippen LogP contribution in [0.5, 0.6) is 11.5 Å². The second kappa shape index (κ2) is 11.6. The quantitative estimate of drug-likeness (QED) is 0.514. The highest BCUT2D eigenvalue weighted by Gasteiger charge is 2.10. The van der Waals surface area contributed by atoms with Gasteiger partial charge in [-0.2, -0.15) is 0 Å². The molecule has 2 aromatic rings. The molecule has 2 rings (SSSR count). The van der Waals surface area contributed by atoms with Crippen LogP contribution in [-0.2, 0) is 9.59 Å². The van der Waals surface area contributed by atoms with Gasteiger partial charge >= 0.3 is 0 Å². The zero-order valence-electron chi connectivity index (χ0n) is 17.8. The standard InChI is InChI=1S/C23H29BrN2O4/c1-5-16(4)18-8-11-21(20(24)12-18)30-14-23(28)26-25-22(27)13-29-19-9-6-17(7-10-19)15(2)3/h6-12,15-16H,5,13-14H2,1-4H3,(H,25,27)(H,26,28). The Morgan fingerprint density at radius 1 is 0.900 bits per heavy atom. The summed E-state index contributed by atoms with van der Waals surface area (Å²) >= 11 is 3.47. The number of hydrogen-bond acceptors (Lipinski definition) is 4. The van der Waals surface area contributed by atoms with Crippen LogP contribution in [0.15, 0.2) is 46.9 Å². The number of hydrogen-bond donors (Lipinski definition) is 2. The summed E-state index contributed by atoms with van der Waals surface area (Å²) in [6, 6.07) is 13.4. The van der Waals surface area contributed by atoms with Crippen LogP contribution < -0.4 is 20.3 Å². The van der Waals surface area contributed by atoms with Gasteiger partial charge in [0.2, 0.25) is 0 Å².